The molecule has 1 atom stereocenters. The Bertz CT molecular complexity index is 300. The molecule has 0 bridgehead atoms. The Hall–Kier alpha value is -0.570. The van der Waals surface area contributed by atoms with Crippen molar-refractivity contribution < 1.29 is 4.74 Å². The van der Waals surface area contributed by atoms with E-state index in [-0.39, 0.29) is 0 Å². The highest BCUT2D eigenvalue weighted by Crippen LogP contribution is 2.11. The fourth-order valence-electron chi connectivity index (χ4n) is 1.79. The second-order valence-corrected chi connectivity index (χ2v) is 4.71. The lowest BCUT2D eigenvalue weighted by Gasteiger charge is -2.17. The molecule has 0 saturated carbocycles. The van der Waals surface area contributed by atoms with E-state index in [1.807, 2.05) is 12.1 Å². The topological polar surface area (TPSA) is 21.3 Å². The van der Waals surface area contributed by atoms with Crippen molar-refractivity contribution >= 4 is 11.6 Å². The van der Waals surface area contributed by atoms with Crippen LogP contribution in [-0.2, 0) is 11.2 Å². The SMILES string of the molecule is CCCNC(CCc1ccc(Cl)cc1)COC. The molecule has 1 aromatic carbocycles. The molecule has 0 amide bonds. The highest BCUT2D eigenvalue weighted by molar-refractivity contribution is 6.30. The number of benzene rings is 1. The lowest BCUT2D eigenvalue weighted by Crippen LogP contribution is -2.34. The molecule has 0 aliphatic rings. The van der Waals surface area contributed by atoms with E-state index in [4.69, 9.17) is 16.3 Å². The van der Waals surface area contributed by atoms with E-state index in [0.717, 1.165) is 37.4 Å². The van der Waals surface area contributed by atoms with E-state index in [9.17, 15) is 0 Å². The molecular formula is C14H22ClNO. The molecule has 0 heterocycles. The normalized spacial score (nSPS) is 12.6. The summed E-state index contributed by atoms with van der Waals surface area (Å²) in [5.74, 6) is 0. The van der Waals surface area contributed by atoms with Crippen molar-refractivity contribution in [3.05, 3.63) is 34.9 Å². The standard InChI is InChI=1S/C14H22ClNO/c1-3-10-16-14(11-17-2)9-6-12-4-7-13(15)8-5-12/h4-5,7-8,14,16H,3,6,9-11H2,1-2H3. The Labute approximate surface area is 109 Å². The second-order valence-electron chi connectivity index (χ2n) is 4.27. The van der Waals surface area contributed by atoms with Crippen LogP contribution < -0.4 is 5.32 Å². The predicted octanol–water partition coefficient (Wildman–Crippen LogP) is 3.29. The van der Waals surface area contributed by atoms with Crippen molar-refractivity contribution in [3.63, 3.8) is 0 Å². The number of hydrogen-bond donors (Lipinski definition) is 1. The summed E-state index contributed by atoms with van der Waals surface area (Å²) in [7, 11) is 1.75. The highest BCUT2D eigenvalue weighted by atomic mass is 35.5. The number of hydrogen-bond acceptors (Lipinski definition) is 2. The number of ether oxygens (including phenoxy) is 1. The highest BCUT2D eigenvalue weighted by Gasteiger charge is 2.07. The van der Waals surface area contributed by atoms with E-state index in [1.165, 1.54) is 5.56 Å². The van der Waals surface area contributed by atoms with E-state index in [0.29, 0.717) is 6.04 Å². The molecule has 1 N–H and O–H groups in total. The van der Waals surface area contributed by atoms with Crippen LogP contribution in [-0.4, -0.2) is 26.3 Å². The second kappa shape index (κ2) is 8.51. The summed E-state index contributed by atoms with van der Waals surface area (Å²) in [4.78, 5) is 0. The fourth-order valence-corrected chi connectivity index (χ4v) is 1.91. The zero-order valence-electron chi connectivity index (χ0n) is 10.7. The van der Waals surface area contributed by atoms with Crippen LogP contribution in [0.15, 0.2) is 24.3 Å². The molecule has 3 heteroatoms. The Morgan fingerprint density at radius 2 is 2.00 bits per heavy atom. The molecule has 0 spiro atoms. The largest absolute Gasteiger partial charge is 0.383 e. The van der Waals surface area contributed by atoms with E-state index in [2.05, 4.69) is 24.4 Å². The first-order chi connectivity index (χ1) is 8.26. The average molecular weight is 256 g/mol. The monoisotopic (exact) mass is 255 g/mol. The summed E-state index contributed by atoms with van der Waals surface area (Å²) in [6.45, 7) is 4.00. The summed E-state index contributed by atoms with van der Waals surface area (Å²) >= 11 is 5.86. The first-order valence-electron chi connectivity index (χ1n) is 6.23. The molecule has 1 unspecified atom stereocenters. The smallest absolute Gasteiger partial charge is 0.0615 e. The lowest BCUT2D eigenvalue weighted by atomic mass is 10.1. The van der Waals surface area contributed by atoms with Crippen molar-refractivity contribution in [1.82, 2.24) is 5.32 Å². The molecule has 0 aliphatic carbocycles. The number of aryl methyl sites for hydroxylation is 1. The van der Waals surface area contributed by atoms with Gasteiger partial charge in [-0.25, -0.2) is 0 Å². The van der Waals surface area contributed by atoms with Crippen molar-refractivity contribution in [1.29, 1.82) is 0 Å². The zero-order chi connectivity index (χ0) is 12.5. The predicted molar refractivity (Wildman–Crippen MR) is 73.7 cm³/mol. The van der Waals surface area contributed by atoms with Crippen LogP contribution in [0.3, 0.4) is 0 Å². The quantitative estimate of drug-likeness (QED) is 0.770. The third-order valence-electron chi connectivity index (χ3n) is 2.75. The summed E-state index contributed by atoms with van der Waals surface area (Å²) in [6.07, 6.45) is 3.30. The molecule has 0 aliphatic heterocycles. The van der Waals surface area contributed by atoms with Crippen LogP contribution in [0.1, 0.15) is 25.3 Å². The number of halogens is 1. The Morgan fingerprint density at radius 3 is 2.59 bits per heavy atom. The molecule has 96 valence electrons. The van der Waals surface area contributed by atoms with Crippen LogP contribution in [0, 0.1) is 0 Å². The van der Waals surface area contributed by atoms with Gasteiger partial charge in [-0.2, -0.15) is 0 Å². The molecular weight excluding hydrogens is 234 g/mol. The van der Waals surface area contributed by atoms with Crippen LogP contribution in [0.25, 0.3) is 0 Å². The molecule has 2 nitrogen and oxygen atoms in total. The maximum atomic E-state index is 5.86. The third kappa shape index (κ3) is 6.06. The van der Waals surface area contributed by atoms with Gasteiger partial charge in [-0.1, -0.05) is 30.7 Å². The van der Waals surface area contributed by atoms with Gasteiger partial charge in [-0.3, -0.25) is 0 Å². The number of methoxy groups -OCH3 is 1. The number of nitrogens with one attached hydrogen (secondary N) is 1. The van der Waals surface area contributed by atoms with Crippen LogP contribution >= 0.6 is 11.6 Å². The average Bonchev–Trinajstić information content (AvgIpc) is 2.35. The summed E-state index contributed by atoms with van der Waals surface area (Å²) < 4.78 is 5.22. The molecule has 0 radical (unpaired) electrons. The van der Waals surface area contributed by atoms with Gasteiger partial charge >= 0.3 is 0 Å². The molecule has 17 heavy (non-hydrogen) atoms. The van der Waals surface area contributed by atoms with Gasteiger partial charge in [0.2, 0.25) is 0 Å². The van der Waals surface area contributed by atoms with Crippen LogP contribution in [0.2, 0.25) is 5.02 Å². The molecule has 0 saturated heterocycles. The minimum Gasteiger partial charge on any atom is -0.383 e. The van der Waals surface area contributed by atoms with Gasteiger partial charge in [0.05, 0.1) is 6.61 Å². The number of rotatable bonds is 8. The van der Waals surface area contributed by atoms with E-state index >= 15 is 0 Å². The molecule has 0 fully saturated rings. The summed E-state index contributed by atoms with van der Waals surface area (Å²) in [5, 5.41) is 4.30. The van der Waals surface area contributed by atoms with Crippen molar-refractivity contribution in [3.8, 4) is 0 Å². The van der Waals surface area contributed by atoms with Crippen LogP contribution in [0.4, 0.5) is 0 Å². The van der Waals surface area contributed by atoms with Crippen molar-refractivity contribution in [2.75, 3.05) is 20.3 Å². The zero-order valence-corrected chi connectivity index (χ0v) is 11.5. The maximum absolute atomic E-state index is 5.86. The first-order valence-corrected chi connectivity index (χ1v) is 6.60. The first kappa shape index (κ1) is 14.5. The molecule has 1 aromatic rings. The van der Waals surface area contributed by atoms with Gasteiger partial charge in [0.25, 0.3) is 0 Å². The molecule has 0 aromatic heterocycles. The summed E-state index contributed by atoms with van der Waals surface area (Å²) in [5.41, 5.74) is 1.33. The van der Waals surface area contributed by atoms with E-state index < -0.39 is 0 Å². The minimum absolute atomic E-state index is 0.440. The van der Waals surface area contributed by atoms with Gasteiger partial charge < -0.3 is 10.1 Å². The fraction of sp³-hybridized carbons (Fsp3) is 0.571. The van der Waals surface area contributed by atoms with Gasteiger partial charge in [-0.15, -0.1) is 0 Å². The van der Waals surface area contributed by atoms with E-state index in [1.54, 1.807) is 7.11 Å². The van der Waals surface area contributed by atoms with Gasteiger partial charge in [0, 0.05) is 18.2 Å². The van der Waals surface area contributed by atoms with Gasteiger partial charge in [-0.05, 0) is 43.5 Å². The third-order valence-corrected chi connectivity index (χ3v) is 3.00. The lowest BCUT2D eigenvalue weighted by molar-refractivity contribution is 0.162. The van der Waals surface area contributed by atoms with Gasteiger partial charge in [0.15, 0.2) is 0 Å². The maximum Gasteiger partial charge on any atom is 0.0615 e. The minimum atomic E-state index is 0.440. The summed E-state index contributed by atoms with van der Waals surface area (Å²) in [6, 6.07) is 8.51. The van der Waals surface area contributed by atoms with Crippen molar-refractivity contribution in [2.24, 2.45) is 0 Å². The Morgan fingerprint density at radius 1 is 1.29 bits per heavy atom. The molecule has 1 rings (SSSR count). The Kier molecular flexibility index (Phi) is 7.25. The van der Waals surface area contributed by atoms with Crippen LogP contribution in [0.5, 0.6) is 0 Å². The Balaban J connectivity index is 2.37. The van der Waals surface area contributed by atoms with Crippen molar-refractivity contribution in [2.45, 2.75) is 32.2 Å². The van der Waals surface area contributed by atoms with Gasteiger partial charge in [0.1, 0.15) is 0 Å².